The lowest BCUT2D eigenvalue weighted by atomic mass is 10.00. The van der Waals surface area contributed by atoms with Gasteiger partial charge in [0.1, 0.15) is 11.4 Å². The first-order valence-electron chi connectivity index (χ1n) is 8.87. The Morgan fingerprint density at radius 2 is 1.86 bits per heavy atom. The fourth-order valence-electron chi connectivity index (χ4n) is 3.61. The first-order chi connectivity index (χ1) is 13.6. The van der Waals surface area contributed by atoms with E-state index >= 15 is 0 Å². The lowest BCUT2D eigenvalue weighted by molar-refractivity contribution is 0.0970. The predicted molar refractivity (Wildman–Crippen MR) is 104 cm³/mol. The van der Waals surface area contributed by atoms with Gasteiger partial charge < -0.3 is 4.42 Å². The number of fused-ring (bicyclic) bond motifs is 2. The summed E-state index contributed by atoms with van der Waals surface area (Å²) in [5, 5.41) is 0.446. The Labute approximate surface area is 160 Å². The Morgan fingerprint density at radius 1 is 1.00 bits per heavy atom. The number of nitrogens with zero attached hydrogens (tertiary/aromatic N) is 3. The van der Waals surface area contributed by atoms with E-state index in [1.165, 1.54) is 4.90 Å². The summed E-state index contributed by atoms with van der Waals surface area (Å²) in [7, 11) is 0. The number of pyridine rings is 2. The second kappa shape index (κ2) is 6.13. The molecule has 136 valence electrons. The van der Waals surface area contributed by atoms with Crippen molar-refractivity contribution >= 4 is 22.7 Å². The zero-order valence-corrected chi connectivity index (χ0v) is 15.0. The molecule has 6 heteroatoms. The fourth-order valence-corrected chi connectivity index (χ4v) is 3.61. The molecule has 0 fully saturated rings. The molecule has 1 amide bonds. The highest BCUT2D eigenvalue weighted by Gasteiger charge is 2.44. The number of para-hydroxylation sites is 1. The number of carbonyl (C=O) groups is 1. The van der Waals surface area contributed by atoms with Crippen LogP contribution in [0.1, 0.15) is 33.3 Å². The van der Waals surface area contributed by atoms with Gasteiger partial charge in [0.25, 0.3) is 5.91 Å². The number of carbonyl (C=O) groups excluding carboxylic acids is 1. The van der Waals surface area contributed by atoms with Gasteiger partial charge in [-0.05, 0) is 42.3 Å². The van der Waals surface area contributed by atoms with Crippen LogP contribution >= 0.6 is 0 Å². The molecule has 28 heavy (non-hydrogen) atoms. The molecule has 4 aromatic rings. The van der Waals surface area contributed by atoms with Gasteiger partial charge in [0, 0.05) is 18.6 Å². The van der Waals surface area contributed by atoms with E-state index in [9.17, 15) is 9.59 Å². The van der Waals surface area contributed by atoms with Crippen LogP contribution in [0.4, 0.5) is 5.82 Å². The SMILES string of the molecule is Cc1ccc(N2C(=O)c3oc4ccccc4c(=O)c3C2c2cccnc2)nc1. The van der Waals surface area contributed by atoms with E-state index in [0.29, 0.717) is 22.4 Å². The Morgan fingerprint density at radius 3 is 2.61 bits per heavy atom. The summed E-state index contributed by atoms with van der Waals surface area (Å²) < 4.78 is 5.89. The smallest absolute Gasteiger partial charge is 0.296 e. The number of anilines is 1. The van der Waals surface area contributed by atoms with Crippen LogP contribution in [0.3, 0.4) is 0 Å². The highest BCUT2D eigenvalue weighted by atomic mass is 16.3. The van der Waals surface area contributed by atoms with E-state index in [1.54, 1.807) is 55.0 Å². The van der Waals surface area contributed by atoms with Crippen molar-refractivity contribution in [3.8, 4) is 0 Å². The van der Waals surface area contributed by atoms with E-state index in [1.807, 2.05) is 19.1 Å². The van der Waals surface area contributed by atoms with Gasteiger partial charge in [-0.25, -0.2) is 4.98 Å². The average Bonchev–Trinajstić information content (AvgIpc) is 3.02. The molecule has 4 heterocycles. The second-order valence-electron chi connectivity index (χ2n) is 6.73. The molecule has 3 aromatic heterocycles. The van der Waals surface area contributed by atoms with Gasteiger partial charge in [-0.15, -0.1) is 0 Å². The van der Waals surface area contributed by atoms with Crippen LogP contribution in [0.15, 0.2) is 76.3 Å². The van der Waals surface area contributed by atoms with Crippen molar-refractivity contribution in [2.45, 2.75) is 13.0 Å². The van der Waals surface area contributed by atoms with E-state index in [-0.39, 0.29) is 17.1 Å². The molecule has 1 aliphatic heterocycles. The van der Waals surface area contributed by atoms with E-state index < -0.39 is 6.04 Å². The van der Waals surface area contributed by atoms with Gasteiger partial charge in [-0.1, -0.05) is 24.3 Å². The van der Waals surface area contributed by atoms with Crippen LogP contribution in [0, 0.1) is 6.92 Å². The summed E-state index contributed by atoms with van der Waals surface area (Å²) in [5.41, 5.74) is 2.20. The van der Waals surface area contributed by atoms with Crippen molar-refractivity contribution in [2.75, 3.05) is 4.90 Å². The fraction of sp³-hybridized carbons (Fsp3) is 0.0909. The summed E-state index contributed by atoms with van der Waals surface area (Å²) in [5.74, 6) is 0.127. The third-order valence-corrected chi connectivity index (χ3v) is 4.92. The van der Waals surface area contributed by atoms with Crippen molar-refractivity contribution in [2.24, 2.45) is 0 Å². The lowest BCUT2D eigenvalue weighted by Gasteiger charge is -2.23. The predicted octanol–water partition coefficient (Wildman–Crippen LogP) is 3.64. The Kier molecular flexibility index (Phi) is 3.58. The molecule has 0 aliphatic carbocycles. The zero-order chi connectivity index (χ0) is 19.3. The number of rotatable bonds is 2. The first-order valence-corrected chi connectivity index (χ1v) is 8.87. The third kappa shape index (κ3) is 2.35. The molecule has 0 saturated heterocycles. The van der Waals surface area contributed by atoms with Gasteiger partial charge in [0.15, 0.2) is 5.43 Å². The molecular weight excluding hydrogens is 354 g/mol. The molecular formula is C22H15N3O3. The maximum atomic E-state index is 13.3. The average molecular weight is 369 g/mol. The summed E-state index contributed by atoms with van der Waals surface area (Å²) in [6, 6.07) is 13.6. The van der Waals surface area contributed by atoms with Gasteiger partial charge in [-0.2, -0.15) is 0 Å². The standard InChI is InChI=1S/C22H15N3O3/c1-13-8-9-17(24-11-13)25-19(14-5-4-10-23-12-14)18-20(26)15-6-2-3-7-16(15)28-21(18)22(25)27/h2-12,19H,1H3. The highest BCUT2D eigenvalue weighted by Crippen LogP contribution is 2.40. The third-order valence-electron chi connectivity index (χ3n) is 4.92. The van der Waals surface area contributed by atoms with Crippen LogP contribution in [0.2, 0.25) is 0 Å². The van der Waals surface area contributed by atoms with Crippen molar-refractivity contribution in [1.29, 1.82) is 0 Å². The normalized spacial score (nSPS) is 15.8. The molecule has 1 aliphatic rings. The van der Waals surface area contributed by atoms with Crippen LogP contribution < -0.4 is 10.3 Å². The topological polar surface area (TPSA) is 76.3 Å². The molecule has 0 bridgehead atoms. The molecule has 0 radical (unpaired) electrons. The lowest BCUT2D eigenvalue weighted by Crippen LogP contribution is -2.30. The minimum absolute atomic E-state index is 0.0555. The summed E-state index contributed by atoms with van der Waals surface area (Å²) >= 11 is 0. The highest BCUT2D eigenvalue weighted by molar-refractivity contribution is 6.10. The zero-order valence-electron chi connectivity index (χ0n) is 15.0. The Hall–Kier alpha value is -3.80. The summed E-state index contributed by atoms with van der Waals surface area (Å²) in [6.07, 6.45) is 5.00. The van der Waals surface area contributed by atoms with Crippen molar-refractivity contribution in [3.05, 3.63) is 99.8 Å². The molecule has 0 saturated carbocycles. The number of benzene rings is 1. The molecule has 0 spiro atoms. The Bertz CT molecular complexity index is 1260. The van der Waals surface area contributed by atoms with E-state index in [2.05, 4.69) is 9.97 Å². The van der Waals surface area contributed by atoms with E-state index in [4.69, 9.17) is 4.42 Å². The van der Waals surface area contributed by atoms with Gasteiger partial charge in [0.05, 0.1) is 17.0 Å². The summed E-state index contributed by atoms with van der Waals surface area (Å²) in [6.45, 7) is 1.92. The molecule has 1 unspecified atom stereocenters. The van der Waals surface area contributed by atoms with Gasteiger partial charge in [0.2, 0.25) is 5.76 Å². The molecule has 5 rings (SSSR count). The molecule has 6 nitrogen and oxygen atoms in total. The van der Waals surface area contributed by atoms with Crippen LogP contribution in [0.25, 0.3) is 11.0 Å². The van der Waals surface area contributed by atoms with Gasteiger partial charge in [-0.3, -0.25) is 19.5 Å². The Balaban J connectivity index is 1.82. The number of hydrogen-bond donors (Lipinski definition) is 0. The minimum Gasteiger partial charge on any atom is -0.450 e. The number of aromatic nitrogens is 2. The number of amides is 1. The van der Waals surface area contributed by atoms with Crippen LogP contribution in [-0.2, 0) is 0 Å². The molecule has 0 N–H and O–H groups in total. The first kappa shape index (κ1) is 16.4. The molecule has 1 atom stereocenters. The van der Waals surface area contributed by atoms with Crippen molar-refractivity contribution in [3.63, 3.8) is 0 Å². The number of hydrogen-bond acceptors (Lipinski definition) is 5. The number of aryl methyl sites for hydroxylation is 1. The minimum atomic E-state index is -0.646. The van der Waals surface area contributed by atoms with Crippen LogP contribution in [0.5, 0.6) is 0 Å². The monoisotopic (exact) mass is 369 g/mol. The second-order valence-corrected chi connectivity index (χ2v) is 6.73. The largest absolute Gasteiger partial charge is 0.450 e. The van der Waals surface area contributed by atoms with Gasteiger partial charge >= 0.3 is 0 Å². The maximum absolute atomic E-state index is 13.3. The molecule has 1 aromatic carbocycles. The maximum Gasteiger partial charge on any atom is 0.296 e. The van der Waals surface area contributed by atoms with Crippen LogP contribution in [-0.4, -0.2) is 15.9 Å². The quantitative estimate of drug-likeness (QED) is 0.539. The van der Waals surface area contributed by atoms with Crippen molar-refractivity contribution < 1.29 is 9.21 Å². The van der Waals surface area contributed by atoms with E-state index in [0.717, 1.165) is 11.1 Å². The van der Waals surface area contributed by atoms with Crippen molar-refractivity contribution in [1.82, 2.24) is 9.97 Å². The summed E-state index contributed by atoms with van der Waals surface area (Å²) in [4.78, 5) is 36.7.